The normalized spacial score (nSPS) is 18.5. The van der Waals surface area contributed by atoms with Gasteiger partial charge in [-0.3, -0.25) is 9.69 Å². The van der Waals surface area contributed by atoms with Crippen LogP contribution in [0.15, 0.2) is 18.2 Å². The van der Waals surface area contributed by atoms with Gasteiger partial charge in [0.05, 0.1) is 6.42 Å². The van der Waals surface area contributed by atoms with Crippen LogP contribution in [0.5, 0.6) is 0 Å². The number of aliphatic carboxylic acids is 1. The lowest BCUT2D eigenvalue weighted by Crippen LogP contribution is -2.31. The minimum absolute atomic E-state index is 0.0922. The van der Waals surface area contributed by atoms with E-state index in [9.17, 15) is 13.6 Å². The Morgan fingerprint density at radius 1 is 1.15 bits per heavy atom. The first-order valence-corrected chi connectivity index (χ1v) is 6.98. The summed E-state index contributed by atoms with van der Waals surface area (Å²) in [5.41, 5.74) is 0.535. The Hall–Kier alpha value is -1.49. The predicted octanol–water partition coefficient (Wildman–Crippen LogP) is 3.36. The van der Waals surface area contributed by atoms with Crippen LogP contribution in [0.4, 0.5) is 8.78 Å². The van der Waals surface area contributed by atoms with Crippen LogP contribution in [0.2, 0.25) is 0 Å². The molecule has 0 amide bonds. The fourth-order valence-corrected chi connectivity index (χ4v) is 2.75. The third-order valence-electron chi connectivity index (χ3n) is 3.78. The lowest BCUT2D eigenvalue weighted by atomic mass is 10.0. The molecule has 0 spiro atoms. The average molecular weight is 283 g/mol. The molecule has 110 valence electrons. The number of nitrogens with zero attached hydrogens (tertiary/aromatic N) is 1. The van der Waals surface area contributed by atoms with Gasteiger partial charge in [-0.1, -0.05) is 18.9 Å². The maximum Gasteiger partial charge on any atom is 0.305 e. The zero-order valence-corrected chi connectivity index (χ0v) is 11.3. The number of carboxylic acids is 1. The summed E-state index contributed by atoms with van der Waals surface area (Å²) in [6, 6.07) is 3.28. The van der Waals surface area contributed by atoms with Crippen molar-refractivity contribution in [2.24, 2.45) is 0 Å². The van der Waals surface area contributed by atoms with Gasteiger partial charge in [-0.25, -0.2) is 8.78 Å². The Balaban J connectivity index is 2.25. The van der Waals surface area contributed by atoms with Gasteiger partial charge >= 0.3 is 5.97 Å². The van der Waals surface area contributed by atoms with Crippen molar-refractivity contribution in [2.45, 2.75) is 38.1 Å². The summed E-state index contributed by atoms with van der Waals surface area (Å²) in [4.78, 5) is 13.1. The third kappa shape index (κ3) is 3.76. The number of carboxylic acid groups (broad SMARTS) is 1. The van der Waals surface area contributed by atoms with E-state index < -0.39 is 17.6 Å². The van der Waals surface area contributed by atoms with Crippen molar-refractivity contribution in [1.82, 2.24) is 4.90 Å². The lowest BCUT2D eigenvalue weighted by Gasteiger charge is -2.30. The van der Waals surface area contributed by atoms with E-state index in [-0.39, 0.29) is 12.5 Å². The molecular formula is C15H19F2NO2. The van der Waals surface area contributed by atoms with Crippen molar-refractivity contribution in [3.8, 4) is 0 Å². The molecule has 1 N–H and O–H groups in total. The summed E-state index contributed by atoms with van der Waals surface area (Å²) in [5.74, 6) is -2.75. The maximum atomic E-state index is 13.4. The molecule has 0 radical (unpaired) electrons. The van der Waals surface area contributed by atoms with Crippen LogP contribution in [-0.2, 0) is 4.79 Å². The molecule has 1 aliphatic rings. The van der Waals surface area contributed by atoms with E-state index >= 15 is 0 Å². The summed E-state index contributed by atoms with van der Waals surface area (Å²) in [5, 5.41) is 9.08. The van der Waals surface area contributed by atoms with E-state index in [4.69, 9.17) is 5.11 Å². The van der Waals surface area contributed by atoms with E-state index in [0.717, 1.165) is 50.9 Å². The van der Waals surface area contributed by atoms with E-state index in [1.165, 1.54) is 6.07 Å². The molecule has 20 heavy (non-hydrogen) atoms. The third-order valence-corrected chi connectivity index (χ3v) is 3.78. The molecule has 0 aliphatic carbocycles. The van der Waals surface area contributed by atoms with Crippen molar-refractivity contribution >= 4 is 5.97 Å². The Kier molecular flexibility index (Phi) is 5.06. The molecule has 1 aromatic rings. The molecule has 0 bridgehead atoms. The molecule has 1 unspecified atom stereocenters. The van der Waals surface area contributed by atoms with Gasteiger partial charge in [0.2, 0.25) is 0 Å². The zero-order chi connectivity index (χ0) is 14.5. The second kappa shape index (κ2) is 6.79. The van der Waals surface area contributed by atoms with Crippen molar-refractivity contribution in [1.29, 1.82) is 0 Å². The summed E-state index contributed by atoms with van der Waals surface area (Å²) >= 11 is 0. The molecule has 1 heterocycles. The van der Waals surface area contributed by atoms with Crippen LogP contribution >= 0.6 is 0 Å². The number of rotatable bonds is 4. The molecule has 1 atom stereocenters. The highest BCUT2D eigenvalue weighted by Gasteiger charge is 2.24. The topological polar surface area (TPSA) is 40.5 Å². The summed E-state index contributed by atoms with van der Waals surface area (Å²) < 4.78 is 26.4. The van der Waals surface area contributed by atoms with Crippen molar-refractivity contribution in [2.75, 3.05) is 13.1 Å². The quantitative estimate of drug-likeness (QED) is 0.921. The fourth-order valence-electron chi connectivity index (χ4n) is 2.75. The van der Waals surface area contributed by atoms with Gasteiger partial charge < -0.3 is 5.11 Å². The van der Waals surface area contributed by atoms with E-state index in [0.29, 0.717) is 5.56 Å². The van der Waals surface area contributed by atoms with Crippen LogP contribution in [0, 0.1) is 11.6 Å². The van der Waals surface area contributed by atoms with Gasteiger partial charge in [0.25, 0.3) is 0 Å². The molecule has 5 heteroatoms. The van der Waals surface area contributed by atoms with Crippen molar-refractivity contribution in [3.05, 3.63) is 35.4 Å². The number of benzene rings is 1. The number of carbonyl (C=O) groups is 1. The summed E-state index contributed by atoms with van der Waals surface area (Å²) in [6.45, 7) is 1.61. The average Bonchev–Trinajstić information content (AvgIpc) is 2.68. The first kappa shape index (κ1) is 14.9. The first-order valence-electron chi connectivity index (χ1n) is 6.98. The van der Waals surface area contributed by atoms with Crippen molar-refractivity contribution in [3.63, 3.8) is 0 Å². The Labute approximate surface area is 117 Å². The van der Waals surface area contributed by atoms with Crippen LogP contribution < -0.4 is 0 Å². The lowest BCUT2D eigenvalue weighted by molar-refractivity contribution is -0.138. The maximum absolute atomic E-state index is 13.4. The second-order valence-electron chi connectivity index (χ2n) is 5.24. The van der Waals surface area contributed by atoms with Gasteiger partial charge in [-0.15, -0.1) is 0 Å². The summed E-state index contributed by atoms with van der Waals surface area (Å²) in [6.07, 6.45) is 4.20. The van der Waals surface area contributed by atoms with Crippen molar-refractivity contribution < 1.29 is 18.7 Å². The molecule has 1 aliphatic heterocycles. The predicted molar refractivity (Wildman–Crippen MR) is 71.4 cm³/mol. The van der Waals surface area contributed by atoms with Crippen LogP contribution in [0.3, 0.4) is 0 Å². The van der Waals surface area contributed by atoms with Gasteiger partial charge in [0.15, 0.2) is 11.6 Å². The molecular weight excluding hydrogens is 264 g/mol. The Morgan fingerprint density at radius 2 is 1.80 bits per heavy atom. The monoisotopic (exact) mass is 283 g/mol. The zero-order valence-electron chi connectivity index (χ0n) is 11.3. The number of likely N-dealkylation sites (tertiary alicyclic amines) is 1. The molecule has 1 aromatic carbocycles. The van der Waals surface area contributed by atoms with Gasteiger partial charge in [0.1, 0.15) is 0 Å². The molecule has 0 aromatic heterocycles. The van der Waals surface area contributed by atoms with Crippen LogP contribution in [-0.4, -0.2) is 29.1 Å². The second-order valence-corrected chi connectivity index (χ2v) is 5.24. The van der Waals surface area contributed by atoms with E-state index in [1.54, 1.807) is 0 Å². The molecule has 2 rings (SSSR count). The first-order chi connectivity index (χ1) is 9.58. The van der Waals surface area contributed by atoms with Gasteiger partial charge in [-0.05, 0) is 43.6 Å². The number of hydrogen-bond donors (Lipinski definition) is 1. The summed E-state index contributed by atoms with van der Waals surface area (Å²) in [7, 11) is 0. The standard InChI is InChI=1S/C15H19F2NO2/c16-12-6-5-11(9-13(12)17)14(10-15(19)20)18-7-3-1-2-4-8-18/h5-6,9,14H,1-4,7-8,10H2,(H,19,20). The number of halogens is 2. The minimum Gasteiger partial charge on any atom is -0.481 e. The van der Waals surface area contributed by atoms with Crippen LogP contribution in [0.1, 0.15) is 43.7 Å². The van der Waals surface area contributed by atoms with E-state index in [2.05, 4.69) is 4.90 Å². The SMILES string of the molecule is O=C(O)CC(c1ccc(F)c(F)c1)N1CCCCCC1. The molecule has 1 fully saturated rings. The highest BCUT2D eigenvalue weighted by Crippen LogP contribution is 2.28. The van der Waals surface area contributed by atoms with Crippen LogP contribution in [0.25, 0.3) is 0 Å². The number of hydrogen-bond acceptors (Lipinski definition) is 2. The largest absolute Gasteiger partial charge is 0.481 e. The molecule has 1 saturated heterocycles. The van der Waals surface area contributed by atoms with E-state index in [1.807, 2.05) is 0 Å². The highest BCUT2D eigenvalue weighted by atomic mass is 19.2. The fraction of sp³-hybridized carbons (Fsp3) is 0.533. The molecule has 0 saturated carbocycles. The Bertz CT molecular complexity index is 471. The Morgan fingerprint density at radius 3 is 2.35 bits per heavy atom. The van der Waals surface area contributed by atoms with Gasteiger partial charge in [-0.2, -0.15) is 0 Å². The highest BCUT2D eigenvalue weighted by molar-refractivity contribution is 5.68. The smallest absolute Gasteiger partial charge is 0.305 e. The van der Waals surface area contributed by atoms with Gasteiger partial charge in [0, 0.05) is 6.04 Å². The molecule has 3 nitrogen and oxygen atoms in total. The minimum atomic E-state index is -0.927.